The molecule has 1 aliphatic heterocycles. The first kappa shape index (κ1) is 28.8. The topological polar surface area (TPSA) is 92.7 Å². The van der Waals surface area contributed by atoms with E-state index in [1.54, 1.807) is 6.92 Å². The Morgan fingerprint density at radius 1 is 1.00 bits per heavy atom. The van der Waals surface area contributed by atoms with Crippen molar-refractivity contribution in [1.82, 2.24) is 0 Å². The molecule has 6 nitrogen and oxygen atoms in total. The summed E-state index contributed by atoms with van der Waals surface area (Å²) < 4.78 is 29.6. The van der Waals surface area contributed by atoms with Gasteiger partial charge in [-0.1, -0.05) is 36.3 Å². The second-order valence-electron chi connectivity index (χ2n) is 11.1. The van der Waals surface area contributed by atoms with Crippen molar-refractivity contribution in [2.45, 2.75) is 57.9 Å². The summed E-state index contributed by atoms with van der Waals surface area (Å²) in [5.74, 6) is 6.36. The van der Waals surface area contributed by atoms with E-state index in [9.17, 15) is 18.3 Å². The van der Waals surface area contributed by atoms with Gasteiger partial charge in [0.05, 0.1) is 30.5 Å². The van der Waals surface area contributed by atoms with Crippen LogP contribution in [0.1, 0.15) is 60.8 Å². The zero-order chi connectivity index (χ0) is 28.8. The highest BCUT2D eigenvalue weighted by molar-refractivity contribution is 7.91. The van der Waals surface area contributed by atoms with Crippen LogP contribution in [0.3, 0.4) is 0 Å². The van der Waals surface area contributed by atoms with Gasteiger partial charge in [-0.15, -0.1) is 5.92 Å². The van der Waals surface area contributed by atoms with Crippen LogP contribution < -0.4 is 10.1 Å². The lowest BCUT2D eigenvalue weighted by Crippen LogP contribution is -2.26. The van der Waals surface area contributed by atoms with Gasteiger partial charge in [-0.3, -0.25) is 4.79 Å². The number of aryl methyl sites for hydroxylation is 2. The third kappa shape index (κ3) is 7.51. The number of hydrogen-bond acceptors (Lipinski definition) is 5. The highest BCUT2D eigenvalue weighted by Crippen LogP contribution is 2.36. The smallest absolute Gasteiger partial charge is 0.304 e. The van der Waals surface area contributed by atoms with Gasteiger partial charge in [-0.25, -0.2) is 8.42 Å². The van der Waals surface area contributed by atoms with E-state index in [4.69, 9.17) is 4.74 Å². The molecule has 0 spiro atoms. The van der Waals surface area contributed by atoms with Gasteiger partial charge >= 0.3 is 5.97 Å². The average molecular weight is 572 g/mol. The predicted octanol–water partition coefficient (Wildman–Crippen LogP) is 6.24. The van der Waals surface area contributed by atoms with Crippen LogP contribution in [0.15, 0.2) is 60.7 Å². The van der Waals surface area contributed by atoms with Gasteiger partial charge in [0.2, 0.25) is 0 Å². The Morgan fingerprint density at radius 3 is 2.49 bits per heavy atom. The van der Waals surface area contributed by atoms with Gasteiger partial charge in [-0.05, 0) is 109 Å². The van der Waals surface area contributed by atoms with E-state index < -0.39 is 15.8 Å². The molecule has 3 aromatic carbocycles. The van der Waals surface area contributed by atoms with E-state index in [1.165, 1.54) is 27.8 Å². The van der Waals surface area contributed by atoms with Crippen LogP contribution in [0, 0.1) is 17.8 Å². The number of rotatable bonds is 9. The van der Waals surface area contributed by atoms with Gasteiger partial charge in [0, 0.05) is 12.2 Å². The van der Waals surface area contributed by atoms with E-state index in [0.29, 0.717) is 31.9 Å². The largest absolute Gasteiger partial charge is 0.493 e. The first-order valence-corrected chi connectivity index (χ1v) is 16.2. The number of carboxylic acids is 1. The molecule has 3 aromatic rings. The molecule has 2 N–H and O–H groups in total. The van der Waals surface area contributed by atoms with Crippen molar-refractivity contribution < 1.29 is 23.1 Å². The molecule has 1 aliphatic carbocycles. The number of anilines is 1. The molecule has 7 heteroatoms. The SMILES string of the molecule is CC#C[C@@H](CC(=O)O)c1ccc(NCc2ccc3c(c2)-c2ccc(OCC4CCS(=O)(=O)CC4)cc2CCC3)cc1. The molecule has 2 aliphatic rings. The summed E-state index contributed by atoms with van der Waals surface area (Å²) in [5.41, 5.74) is 8.24. The van der Waals surface area contributed by atoms with Crippen LogP contribution in [0.2, 0.25) is 0 Å². The molecule has 0 amide bonds. The van der Waals surface area contributed by atoms with E-state index in [0.717, 1.165) is 36.3 Å². The molecule has 214 valence electrons. The van der Waals surface area contributed by atoms with Crippen molar-refractivity contribution in [2.24, 2.45) is 5.92 Å². The summed E-state index contributed by atoms with van der Waals surface area (Å²) in [4.78, 5) is 11.2. The fraction of sp³-hybridized carbons (Fsp3) is 0.382. The minimum Gasteiger partial charge on any atom is -0.493 e. The lowest BCUT2D eigenvalue weighted by molar-refractivity contribution is -0.137. The second kappa shape index (κ2) is 12.8. The fourth-order valence-electron chi connectivity index (χ4n) is 5.76. The van der Waals surface area contributed by atoms with E-state index >= 15 is 0 Å². The van der Waals surface area contributed by atoms with Crippen molar-refractivity contribution in [2.75, 3.05) is 23.4 Å². The van der Waals surface area contributed by atoms with E-state index in [1.807, 2.05) is 30.3 Å². The van der Waals surface area contributed by atoms with Crippen molar-refractivity contribution in [3.63, 3.8) is 0 Å². The van der Waals surface area contributed by atoms with Crippen LogP contribution in [0.4, 0.5) is 5.69 Å². The number of aliphatic carboxylic acids is 1. The maximum absolute atomic E-state index is 11.7. The molecule has 41 heavy (non-hydrogen) atoms. The Bertz CT molecular complexity index is 1550. The zero-order valence-electron chi connectivity index (χ0n) is 23.5. The Balaban J connectivity index is 1.25. The van der Waals surface area contributed by atoms with Crippen molar-refractivity contribution in [3.05, 3.63) is 82.9 Å². The summed E-state index contributed by atoms with van der Waals surface area (Å²) in [5, 5.41) is 12.7. The summed E-state index contributed by atoms with van der Waals surface area (Å²) in [6.45, 7) is 2.97. The van der Waals surface area contributed by atoms with Gasteiger partial charge in [0.25, 0.3) is 0 Å². The van der Waals surface area contributed by atoms with Crippen molar-refractivity contribution >= 4 is 21.5 Å². The van der Waals surface area contributed by atoms with Crippen LogP contribution in [0.5, 0.6) is 5.75 Å². The number of fused-ring (bicyclic) bond motifs is 3. The number of sulfone groups is 1. The molecular formula is C34H37NO5S. The maximum Gasteiger partial charge on any atom is 0.304 e. The molecular weight excluding hydrogens is 534 g/mol. The third-order valence-corrected chi connectivity index (χ3v) is 9.82. The van der Waals surface area contributed by atoms with Gasteiger partial charge in [0.15, 0.2) is 0 Å². The number of ether oxygens (including phenoxy) is 1. The van der Waals surface area contributed by atoms with Crippen LogP contribution in [-0.4, -0.2) is 37.6 Å². The second-order valence-corrected chi connectivity index (χ2v) is 13.4. The number of benzene rings is 3. The van der Waals surface area contributed by atoms with Crippen molar-refractivity contribution in [3.8, 4) is 28.7 Å². The molecule has 1 fully saturated rings. The summed E-state index contributed by atoms with van der Waals surface area (Å²) in [6, 6.07) is 20.9. The summed E-state index contributed by atoms with van der Waals surface area (Å²) >= 11 is 0. The highest BCUT2D eigenvalue weighted by Gasteiger charge is 2.24. The summed E-state index contributed by atoms with van der Waals surface area (Å²) in [6.07, 6.45) is 4.46. The Kier molecular flexibility index (Phi) is 8.99. The van der Waals surface area contributed by atoms with Crippen LogP contribution in [-0.2, 0) is 34.0 Å². The first-order chi connectivity index (χ1) is 19.8. The molecule has 0 bridgehead atoms. The Morgan fingerprint density at radius 2 is 1.76 bits per heavy atom. The predicted molar refractivity (Wildman–Crippen MR) is 163 cm³/mol. The number of carboxylic acid groups (broad SMARTS) is 1. The Labute approximate surface area is 243 Å². The molecule has 1 atom stereocenters. The lowest BCUT2D eigenvalue weighted by Gasteiger charge is -2.22. The molecule has 5 rings (SSSR count). The van der Waals surface area contributed by atoms with Gasteiger partial charge in [-0.2, -0.15) is 0 Å². The zero-order valence-corrected chi connectivity index (χ0v) is 24.3. The normalized spacial score (nSPS) is 16.7. The van der Waals surface area contributed by atoms with Gasteiger partial charge in [0.1, 0.15) is 15.6 Å². The highest BCUT2D eigenvalue weighted by atomic mass is 32.2. The third-order valence-electron chi connectivity index (χ3n) is 8.10. The molecule has 0 saturated carbocycles. The van der Waals surface area contributed by atoms with Crippen molar-refractivity contribution in [1.29, 1.82) is 0 Å². The fourth-order valence-corrected chi connectivity index (χ4v) is 7.35. The standard InChI is InChI=1S/C34H37NO5S/c1-2-4-28(21-34(36)37)26-9-11-30(12-10-26)35-22-25-7-8-27-5-3-6-29-20-31(13-14-32(29)33(27)19-25)40-23-24-15-17-41(38,39)18-16-24/h7-14,19-20,24,28,35H,3,5-6,15-18,21-23H2,1H3,(H,36,37)/t28-/m0/s1. The molecule has 0 unspecified atom stereocenters. The Hall–Kier alpha value is -3.76. The minimum atomic E-state index is -2.86. The summed E-state index contributed by atoms with van der Waals surface area (Å²) in [7, 11) is -2.86. The number of nitrogens with one attached hydrogen (secondary N) is 1. The van der Waals surface area contributed by atoms with Crippen LogP contribution >= 0.6 is 0 Å². The molecule has 0 radical (unpaired) electrons. The monoisotopic (exact) mass is 571 g/mol. The molecule has 1 heterocycles. The first-order valence-electron chi connectivity index (χ1n) is 14.4. The minimum absolute atomic E-state index is 0.00915. The molecule has 1 saturated heterocycles. The maximum atomic E-state index is 11.7. The average Bonchev–Trinajstić information content (AvgIpc) is 3.14. The number of carbonyl (C=O) groups is 1. The van der Waals surface area contributed by atoms with E-state index in [-0.39, 0.29) is 23.8 Å². The quantitative estimate of drug-likeness (QED) is 0.296. The van der Waals surface area contributed by atoms with Gasteiger partial charge < -0.3 is 15.2 Å². The number of hydrogen-bond donors (Lipinski definition) is 2. The molecule has 0 aromatic heterocycles. The van der Waals surface area contributed by atoms with E-state index in [2.05, 4.69) is 47.5 Å². The van der Waals surface area contributed by atoms with Crippen LogP contribution in [0.25, 0.3) is 11.1 Å². The lowest BCUT2D eigenvalue weighted by atomic mass is 9.94.